The van der Waals surface area contributed by atoms with Gasteiger partial charge in [-0.15, -0.1) is 12.4 Å². The lowest BCUT2D eigenvalue weighted by Crippen LogP contribution is -2.58. The second kappa shape index (κ2) is 9.41. The molecule has 1 aromatic rings. The van der Waals surface area contributed by atoms with Gasteiger partial charge in [0.2, 0.25) is 5.91 Å². The van der Waals surface area contributed by atoms with Gasteiger partial charge in [-0.1, -0.05) is 25.5 Å². The largest absolute Gasteiger partial charge is 0.497 e. The molecule has 6 heteroatoms. The molecule has 0 aliphatic carbocycles. The fourth-order valence-electron chi connectivity index (χ4n) is 3.41. The maximum absolute atomic E-state index is 12.6. The Kier molecular flexibility index (Phi) is 8.19. The van der Waals surface area contributed by atoms with E-state index in [1.54, 1.807) is 7.11 Å². The van der Waals surface area contributed by atoms with E-state index in [9.17, 15) is 4.79 Å². The molecule has 1 heterocycles. The summed E-state index contributed by atoms with van der Waals surface area (Å²) >= 11 is 0. The van der Waals surface area contributed by atoms with Crippen LogP contribution < -0.4 is 10.5 Å². The van der Waals surface area contributed by atoms with Crippen LogP contribution in [0.2, 0.25) is 0 Å². The molecule has 5 nitrogen and oxygen atoms in total. The number of amides is 1. The molecule has 0 aromatic heterocycles. The third kappa shape index (κ3) is 5.33. The first-order chi connectivity index (χ1) is 11.4. The van der Waals surface area contributed by atoms with Crippen molar-refractivity contribution < 1.29 is 9.53 Å². The van der Waals surface area contributed by atoms with Crippen LogP contribution in [0, 0.1) is 0 Å². The van der Waals surface area contributed by atoms with Crippen molar-refractivity contribution >= 4 is 18.3 Å². The first-order valence-corrected chi connectivity index (χ1v) is 8.85. The van der Waals surface area contributed by atoms with Crippen LogP contribution in [0.25, 0.3) is 0 Å². The van der Waals surface area contributed by atoms with Crippen molar-refractivity contribution in [2.45, 2.75) is 45.2 Å². The number of nitrogens with zero attached hydrogens (tertiary/aromatic N) is 2. The summed E-state index contributed by atoms with van der Waals surface area (Å²) in [5.74, 6) is 0.963. The van der Waals surface area contributed by atoms with Crippen LogP contribution in [0.5, 0.6) is 5.75 Å². The summed E-state index contributed by atoms with van der Waals surface area (Å²) in [4.78, 5) is 16.9. The number of halogens is 1. The Balaban J connectivity index is 0.00000312. The number of benzene rings is 1. The highest BCUT2D eigenvalue weighted by atomic mass is 35.5. The normalized spacial score (nSPS) is 18.8. The third-order valence-corrected chi connectivity index (χ3v) is 4.98. The van der Waals surface area contributed by atoms with Gasteiger partial charge in [0, 0.05) is 32.2 Å². The molecule has 1 saturated heterocycles. The van der Waals surface area contributed by atoms with Gasteiger partial charge < -0.3 is 15.4 Å². The molecule has 2 rings (SSSR count). The van der Waals surface area contributed by atoms with E-state index in [0.717, 1.165) is 44.8 Å². The van der Waals surface area contributed by atoms with E-state index in [0.29, 0.717) is 6.04 Å². The molecule has 2 N–H and O–H groups in total. The minimum absolute atomic E-state index is 0. The van der Waals surface area contributed by atoms with Gasteiger partial charge in [0.25, 0.3) is 0 Å². The smallest absolute Gasteiger partial charge is 0.242 e. The number of hydrogen-bond acceptors (Lipinski definition) is 4. The lowest BCUT2D eigenvalue weighted by molar-refractivity contribution is -0.138. The van der Waals surface area contributed by atoms with Gasteiger partial charge in [-0.2, -0.15) is 0 Å². The van der Waals surface area contributed by atoms with Gasteiger partial charge in [0.1, 0.15) is 5.75 Å². The van der Waals surface area contributed by atoms with Gasteiger partial charge in [-0.25, -0.2) is 0 Å². The van der Waals surface area contributed by atoms with E-state index in [4.69, 9.17) is 10.5 Å². The first-order valence-electron chi connectivity index (χ1n) is 8.85. The summed E-state index contributed by atoms with van der Waals surface area (Å²) in [5.41, 5.74) is 6.70. The number of rotatable bonds is 6. The highest BCUT2D eigenvalue weighted by Gasteiger charge is 2.34. The maximum atomic E-state index is 12.6. The van der Waals surface area contributed by atoms with Crippen molar-refractivity contribution in [3.8, 4) is 5.75 Å². The molecule has 25 heavy (non-hydrogen) atoms. The second-order valence-electron chi connectivity index (χ2n) is 6.95. The molecule has 0 spiro atoms. The van der Waals surface area contributed by atoms with Gasteiger partial charge in [-0.05, 0) is 38.0 Å². The number of piperazine rings is 1. The van der Waals surface area contributed by atoms with Crippen molar-refractivity contribution in [2.24, 2.45) is 5.73 Å². The third-order valence-electron chi connectivity index (χ3n) is 4.98. The van der Waals surface area contributed by atoms with E-state index >= 15 is 0 Å². The fourth-order valence-corrected chi connectivity index (χ4v) is 3.41. The second-order valence-corrected chi connectivity index (χ2v) is 6.95. The summed E-state index contributed by atoms with van der Waals surface area (Å²) in [6, 6.07) is 8.50. The number of nitrogens with two attached hydrogens (primary N) is 1. The number of ether oxygens (including phenoxy) is 1. The predicted octanol–water partition coefficient (Wildman–Crippen LogP) is 2.84. The molecule has 0 saturated carbocycles. The molecular formula is C19H32ClN3O2. The quantitative estimate of drug-likeness (QED) is 0.837. The summed E-state index contributed by atoms with van der Waals surface area (Å²) < 4.78 is 5.32. The van der Waals surface area contributed by atoms with E-state index in [1.165, 1.54) is 5.56 Å². The van der Waals surface area contributed by atoms with Gasteiger partial charge in [0.15, 0.2) is 0 Å². The summed E-state index contributed by atoms with van der Waals surface area (Å²) in [5, 5.41) is 0. The average Bonchev–Trinajstić information content (AvgIpc) is 2.60. The molecule has 1 aromatic carbocycles. The van der Waals surface area contributed by atoms with Crippen LogP contribution in [-0.2, 0) is 4.79 Å². The minimum atomic E-state index is -0.741. The standard InChI is InChI=1S/C19H31N3O2.ClH/c1-5-9-19(3,20)18(23)22-12-10-21(11-13-22)15(2)16-7-6-8-17(14-16)24-4;/h6-8,14-15H,5,9-13,20H2,1-4H3;1H. The minimum Gasteiger partial charge on any atom is -0.497 e. The van der Waals surface area contributed by atoms with Crippen LogP contribution in [0.4, 0.5) is 0 Å². The molecule has 0 radical (unpaired) electrons. The van der Waals surface area contributed by atoms with E-state index in [2.05, 4.69) is 30.9 Å². The molecule has 142 valence electrons. The lowest BCUT2D eigenvalue weighted by Gasteiger charge is -2.40. The highest BCUT2D eigenvalue weighted by molar-refractivity contribution is 5.86. The number of carbonyl (C=O) groups excluding carboxylic acids is 1. The zero-order chi connectivity index (χ0) is 17.7. The molecule has 1 fully saturated rings. The zero-order valence-electron chi connectivity index (χ0n) is 15.8. The maximum Gasteiger partial charge on any atom is 0.242 e. The number of methoxy groups -OCH3 is 1. The van der Waals surface area contributed by atoms with Crippen LogP contribution in [-0.4, -0.2) is 54.5 Å². The molecular weight excluding hydrogens is 338 g/mol. The summed E-state index contributed by atoms with van der Waals surface area (Å²) in [7, 11) is 1.69. The molecule has 2 atom stereocenters. The van der Waals surface area contributed by atoms with Gasteiger partial charge >= 0.3 is 0 Å². The van der Waals surface area contributed by atoms with Crippen molar-refractivity contribution in [3.05, 3.63) is 29.8 Å². The number of carbonyl (C=O) groups is 1. The van der Waals surface area contributed by atoms with Crippen molar-refractivity contribution in [1.29, 1.82) is 0 Å². The Bertz CT molecular complexity index is 557. The molecule has 1 amide bonds. The van der Waals surface area contributed by atoms with Crippen LogP contribution >= 0.6 is 12.4 Å². The number of hydrogen-bond donors (Lipinski definition) is 1. The highest BCUT2D eigenvalue weighted by Crippen LogP contribution is 2.25. The topological polar surface area (TPSA) is 58.8 Å². The lowest BCUT2D eigenvalue weighted by atomic mass is 9.95. The van der Waals surface area contributed by atoms with E-state index < -0.39 is 5.54 Å². The average molecular weight is 370 g/mol. The Morgan fingerprint density at radius 3 is 2.52 bits per heavy atom. The summed E-state index contributed by atoms with van der Waals surface area (Å²) in [6.45, 7) is 9.33. The van der Waals surface area contributed by atoms with Crippen LogP contribution in [0.1, 0.15) is 45.2 Å². The van der Waals surface area contributed by atoms with Gasteiger partial charge in [0.05, 0.1) is 12.6 Å². The first kappa shape index (κ1) is 21.7. The molecule has 2 unspecified atom stereocenters. The van der Waals surface area contributed by atoms with Crippen LogP contribution in [0.15, 0.2) is 24.3 Å². The monoisotopic (exact) mass is 369 g/mol. The fraction of sp³-hybridized carbons (Fsp3) is 0.632. The Morgan fingerprint density at radius 1 is 1.32 bits per heavy atom. The van der Waals surface area contributed by atoms with Gasteiger partial charge in [-0.3, -0.25) is 9.69 Å². The van der Waals surface area contributed by atoms with Crippen molar-refractivity contribution in [3.63, 3.8) is 0 Å². The zero-order valence-corrected chi connectivity index (χ0v) is 16.6. The van der Waals surface area contributed by atoms with Crippen molar-refractivity contribution in [1.82, 2.24) is 9.80 Å². The Morgan fingerprint density at radius 2 is 1.96 bits per heavy atom. The Labute approximate surface area is 157 Å². The molecule has 1 aliphatic rings. The van der Waals surface area contributed by atoms with E-state index in [1.807, 2.05) is 24.0 Å². The Hall–Kier alpha value is -1.30. The van der Waals surface area contributed by atoms with Crippen molar-refractivity contribution in [2.75, 3.05) is 33.3 Å². The van der Waals surface area contributed by atoms with Crippen LogP contribution in [0.3, 0.4) is 0 Å². The van der Waals surface area contributed by atoms with E-state index in [-0.39, 0.29) is 18.3 Å². The molecule has 0 bridgehead atoms. The summed E-state index contributed by atoms with van der Waals surface area (Å²) in [6.07, 6.45) is 1.65. The predicted molar refractivity (Wildman–Crippen MR) is 104 cm³/mol. The molecule has 1 aliphatic heterocycles. The SMILES string of the molecule is CCCC(C)(N)C(=O)N1CCN(C(C)c2cccc(OC)c2)CC1.Cl.